The predicted molar refractivity (Wildman–Crippen MR) is 41.3 cm³/mol. The van der Waals surface area contributed by atoms with Gasteiger partial charge in [-0.1, -0.05) is 19.8 Å². The van der Waals surface area contributed by atoms with Crippen LogP contribution in [0.3, 0.4) is 0 Å². The zero-order valence-corrected chi connectivity index (χ0v) is 6.47. The van der Waals surface area contributed by atoms with E-state index in [4.69, 9.17) is 11.5 Å². The highest BCUT2D eigenvalue weighted by Gasteiger charge is 2.04. The number of primary amides is 1. The van der Waals surface area contributed by atoms with E-state index in [1.165, 1.54) is 0 Å². The second kappa shape index (κ2) is 5.23. The molecule has 0 heterocycles. The number of nitrogens with two attached hydrogens (primary N) is 2. The molecule has 1 atom stereocenters. The molecule has 0 aromatic carbocycles. The van der Waals surface area contributed by atoms with Crippen molar-refractivity contribution in [2.45, 2.75) is 38.6 Å². The summed E-state index contributed by atoms with van der Waals surface area (Å²) in [7, 11) is 0. The van der Waals surface area contributed by atoms with Crippen molar-refractivity contribution in [2.75, 3.05) is 0 Å². The smallest absolute Gasteiger partial charge is 0.218 e. The summed E-state index contributed by atoms with van der Waals surface area (Å²) in [6.07, 6.45) is 3.42. The van der Waals surface area contributed by atoms with Gasteiger partial charge in [0.25, 0.3) is 0 Å². The van der Waals surface area contributed by atoms with Gasteiger partial charge in [-0.3, -0.25) is 4.79 Å². The van der Waals surface area contributed by atoms with E-state index in [1.54, 1.807) is 0 Å². The Morgan fingerprint density at radius 3 is 2.60 bits per heavy atom. The topological polar surface area (TPSA) is 69.1 Å². The average Bonchev–Trinajstić information content (AvgIpc) is 1.82. The third-order valence-corrected chi connectivity index (χ3v) is 1.39. The quantitative estimate of drug-likeness (QED) is 0.585. The van der Waals surface area contributed by atoms with Gasteiger partial charge in [-0.15, -0.1) is 0 Å². The van der Waals surface area contributed by atoms with Crippen molar-refractivity contribution < 1.29 is 4.79 Å². The molecule has 0 saturated heterocycles. The highest BCUT2D eigenvalue weighted by Crippen LogP contribution is 2.00. The Balaban J connectivity index is 3.25. The summed E-state index contributed by atoms with van der Waals surface area (Å²) in [5, 5.41) is 0. The molecule has 0 rings (SSSR count). The first kappa shape index (κ1) is 9.43. The van der Waals surface area contributed by atoms with Gasteiger partial charge in [-0.25, -0.2) is 0 Å². The SMILES string of the molecule is CCCCC(N)CC(N)=O. The Hall–Kier alpha value is -0.570. The first-order chi connectivity index (χ1) is 4.66. The van der Waals surface area contributed by atoms with Crippen molar-refractivity contribution in [1.82, 2.24) is 0 Å². The Morgan fingerprint density at radius 1 is 1.60 bits per heavy atom. The normalized spacial score (nSPS) is 13.0. The van der Waals surface area contributed by atoms with E-state index < -0.39 is 0 Å². The van der Waals surface area contributed by atoms with Crippen LogP contribution in [0.4, 0.5) is 0 Å². The molecule has 0 aliphatic heterocycles. The molecule has 60 valence electrons. The van der Waals surface area contributed by atoms with Gasteiger partial charge in [0.15, 0.2) is 0 Å². The number of amides is 1. The van der Waals surface area contributed by atoms with Gasteiger partial charge in [0.05, 0.1) is 0 Å². The highest BCUT2D eigenvalue weighted by molar-refractivity contribution is 5.74. The Kier molecular flexibility index (Phi) is 4.94. The number of unbranched alkanes of at least 4 members (excludes halogenated alkanes) is 1. The number of rotatable bonds is 5. The first-order valence-corrected chi connectivity index (χ1v) is 3.70. The molecule has 1 amide bonds. The summed E-state index contributed by atoms with van der Waals surface area (Å²) in [6.45, 7) is 2.09. The lowest BCUT2D eigenvalue weighted by Crippen LogP contribution is -2.27. The van der Waals surface area contributed by atoms with E-state index in [0.717, 1.165) is 19.3 Å². The van der Waals surface area contributed by atoms with Crippen LogP contribution in [0.15, 0.2) is 0 Å². The summed E-state index contributed by atoms with van der Waals surface area (Å²) in [5.41, 5.74) is 10.5. The number of hydrogen-bond acceptors (Lipinski definition) is 2. The van der Waals surface area contributed by atoms with E-state index >= 15 is 0 Å². The maximum absolute atomic E-state index is 10.3. The fourth-order valence-electron chi connectivity index (χ4n) is 0.827. The van der Waals surface area contributed by atoms with E-state index in [1.807, 2.05) is 0 Å². The lowest BCUT2D eigenvalue weighted by Gasteiger charge is -2.06. The molecule has 10 heavy (non-hydrogen) atoms. The van der Waals surface area contributed by atoms with E-state index in [9.17, 15) is 4.79 Å². The monoisotopic (exact) mass is 144 g/mol. The first-order valence-electron chi connectivity index (χ1n) is 3.70. The van der Waals surface area contributed by atoms with Crippen LogP contribution >= 0.6 is 0 Å². The van der Waals surface area contributed by atoms with Crippen LogP contribution in [0.1, 0.15) is 32.6 Å². The van der Waals surface area contributed by atoms with Crippen LogP contribution in [0.5, 0.6) is 0 Å². The Labute approximate surface area is 61.8 Å². The zero-order chi connectivity index (χ0) is 7.98. The molecule has 0 fully saturated rings. The Morgan fingerprint density at radius 2 is 2.20 bits per heavy atom. The van der Waals surface area contributed by atoms with Crippen LogP contribution in [-0.4, -0.2) is 11.9 Å². The van der Waals surface area contributed by atoms with Crippen molar-refractivity contribution >= 4 is 5.91 Å². The molecule has 0 aliphatic rings. The molecule has 3 nitrogen and oxygen atoms in total. The van der Waals surface area contributed by atoms with Crippen molar-refractivity contribution in [1.29, 1.82) is 0 Å². The molecular weight excluding hydrogens is 128 g/mol. The number of carbonyl (C=O) groups excluding carboxylic acids is 1. The van der Waals surface area contributed by atoms with E-state index in [-0.39, 0.29) is 11.9 Å². The number of hydrogen-bond donors (Lipinski definition) is 2. The van der Waals surface area contributed by atoms with Gasteiger partial charge in [0.2, 0.25) is 5.91 Å². The average molecular weight is 144 g/mol. The van der Waals surface area contributed by atoms with Gasteiger partial charge in [0.1, 0.15) is 0 Å². The molecular formula is C7H16N2O. The van der Waals surface area contributed by atoms with Gasteiger partial charge in [-0.05, 0) is 6.42 Å². The van der Waals surface area contributed by atoms with Crippen molar-refractivity contribution in [2.24, 2.45) is 11.5 Å². The molecule has 4 N–H and O–H groups in total. The van der Waals surface area contributed by atoms with Crippen molar-refractivity contribution in [3.63, 3.8) is 0 Å². The third kappa shape index (κ3) is 5.56. The second-order valence-corrected chi connectivity index (χ2v) is 2.57. The molecule has 0 aliphatic carbocycles. The molecule has 0 aromatic heterocycles. The van der Waals surface area contributed by atoms with Gasteiger partial charge in [0, 0.05) is 12.5 Å². The van der Waals surface area contributed by atoms with Crippen LogP contribution in [-0.2, 0) is 4.79 Å². The Bertz CT molecular complexity index is 104. The highest BCUT2D eigenvalue weighted by atomic mass is 16.1. The van der Waals surface area contributed by atoms with E-state index in [2.05, 4.69) is 6.92 Å². The standard InChI is InChI=1S/C7H16N2O/c1-2-3-4-6(8)5-7(9)10/h6H,2-5,8H2,1H3,(H2,9,10). The summed E-state index contributed by atoms with van der Waals surface area (Å²) in [5.74, 6) is -0.302. The van der Waals surface area contributed by atoms with Gasteiger partial charge >= 0.3 is 0 Å². The lowest BCUT2D eigenvalue weighted by molar-refractivity contribution is -0.118. The summed E-state index contributed by atoms with van der Waals surface area (Å²) in [6, 6.07) is -0.0301. The van der Waals surface area contributed by atoms with Crippen molar-refractivity contribution in [3.8, 4) is 0 Å². The maximum Gasteiger partial charge on any atom is 0.218 e. The minimum absolute atomic E-state index is 0.0301. The summed E-state index contributed by atoms with van der Waals surface area (Å²) in [4.78, 5) is 10.3. The maximum atomic E-state index is 10.3. The summed E-state index contributed by atoms with van der Waals surface area (Å²) < 4.78 is 0. The van der Waals surface area contributed by atoms with Crippen LogP contribution in [0.25, 0.3) is 0 Å². The van der Waals surface area contributed by atoms with E-state index in [0.29, 0.717) is 6.42 Å². The van der Waals surface area contributed by atoms with Gasteiger partial charge in [-0.2, -0.15) is 0 Å². The van der Waals surface area contributed by atoms with Crippen LogP contribution < -0.4 is 11.5 Å². The zero-order valence-electron chi connectivity index (χ0n) is 6.47. The molecule has 3 heteroatoms. The molecule has 0 saturated carbocycles. The minimum atomic E-state index is -0.302. The molecule has 0 spiro atoms. The van der Waals surface area contributed by atoms with Crippen molar-refractivity contribution in [3.05, 3.63) is 0 Å². The largest absolute Gasteiger partial charge is 0.370 e. The van der Waals surface area contributed by atoms with Crippen LogP contribution in [0, 0.1) is 0 Å². The predicted octanol–water partition coefficient (Wildman–Crippen LogP) is 0.379. The number of carbonyl (C=O) groups is 1. The van der Waals surface area contributed by atoms with Crippen LogP contribution in [0.2, 0.25) is 0 Å². The lowest BCUT2D eigenvalue weighted by atomic mass is 10.1. The third-order valence-electron chi connectivity index (χ3n) is 1.39. The molecule has 0 radical (unpaired) electrons. The molecule has 1 unspecified atom stereocenters. The van der Waals surface area contributed by atoms with Gasteiger partial charge < -0.3 is 11.5 Å². The minimum Gasteiger partial charge on any atom is -0.370 e. The molecule has 0 aromatic rings. The second-order valence-electron chi connectivity index (χ2n) is 2.57. The summed E-state index contributed by atoms with van der Waals surface area (Å²) >= 11 is 0. The fraction of sp³-hybridized carbons (Fsp3) is 0.857. The molecule has 0 bridgehead atoms. The fourth-order valence-corrected chi connectivity index (χ4v) is 0.827.